The molecule has 3 aromatic heterocycles. The first-order valence-corrected chi connectivity index (χ1v) is 10.0. The van der Waals surface area contributed by atoms with Crippen molar-refractivity contribution in [2.75, 3.05) is 23.1 Å². The Kier molecular flexibility index (Phi) is 5.23. The molecule has 0 aliphatic carbocycles. The second-order valence-corrected chi connectivity index (χ2v) is 7.49. The number of nitrogens with two attached hydrogens (primary N) is 1. The molecule has 0 radical (unpaired) electrons. The zero-order valence-corrected chi connectivity index (χ0v) is 16.8. The Morgan fingerprint density at radius 1 is 1.31 bits per heavy atom. The number of hydrazine groups is 1. The number of nitrogens with zero attached hydrogens (tertiary/aromatic N) is 6. The minimum absolute atomic E-state index is 0.0590. The van der Waals surface area contributed by atoms with Crippen molar-refractivity contribution in [3.05, 3.63) is 52.5 Å². The highest BCUT2D eigenvalue weighted by atomic mass is 19.1. The van der Waals surface area contributed by atoms with Gasteiger partial charge in [0.2, 0.25) is 0 Å². The molecule has 0 bridgehead atoms. The third-order valence-electron chi connectivity index (χ3n) is 5.24. The van der Waals surface area contributed by atoms with E-state index in [-0.39, 0.29) is 11.6 Å². The molecule has 1 fully saturated rings. The standard InChI is InChI=1S/C20H26FN7O/c1-3-15-12-23-26-10-6-18(24-19(15)26)28-8-4-7-27(28)17-11-16(21)13-25(20(17)29)9-5-14(2)22/h6,10-14H,3-5,7-9,22H2,1-2H3/t14-/m1/s1. The average molecular weight is 399 g/mol. The van der Waals surface area contributed by atoms with Crippen molar-refractivity contribution < 1.29 is 4.39 Å². The Morgan fingerprint density at radius 2 is 2.10 bits per heavy atom. The van der Waals surface area contributed by atoms with Gasteiger partial charge in [0.1, 0.15) is 11.5 Å². The van der Waals surface area contributed by atoms with Crippen LogP contribution in [0.3, 0.4) is 0 Å². The lowest BCUT2D eigenvalue weighted by atomic mass is 10.2. The summed E-state index contributed by atoms with van der Waals surface area (Å²) >= 11 is 0. The largest absolute Gasteiger partial charge is 0.328 e. The van der Waals surface area contributed by atoms with E-state index in [0.29, 0.717) is 31.7 Å². The molecule has 29 heavy (non-hydrogen) atoms. The van der Waals surface area contributed by atoms with Crippen molar-refractivity contribution >= 4 is 17.2 Å². The molecule has 4 rings (SSSR count). The van der Waals surface area contributed by atoms with Crippen LogP contribution in [0.5, 0.6) is 0 Å². The zero-order valence-electron chi connectivity index (χ0n) is 16.8. The Morgan fingerprint density at radius 3 is 2.86 bits per heavy atom. The molecule has 154 valence electrons. The molecule has 4 heterocycles. The number of aryl methyl sites for hydroxylation is 2. The summed E-state index contributed by atoms with van der Waals surface area (Å²) in [7, 11) is 0. The summed E-state index contributed by atoms with van der Waals surface area (Å²) < 4.78 is 17.5. The van der Waals surface area contributed by atoms with Crippen LogP contribution in [-0.4, -0.2) is 38.3 Å². The molecule has 8 nitrogen and oxygen atoms in total. The third kappa shape index (κ3) is 3.69. The van der Waals surface area contributed by atoms with Gasteiger partial charge in [-0.3, -0.25) is 14.8 Å². The molecule has 2 N–H and O–H groups in total. The predicted octanol–water partition coefficient (Wildman–Crippen LogP) is 1.96. The molecule has 9 heteroatoms. The Hall–Kier alpha value is -2.94. The van der Waals surface area contributed by atoms with Crippen molar-refractivity contribution in [2.24, 2.45) is 5.73 Å². The van der Waals surface area contributed by atoms with Crippen LogP contribution in [0, 0.1) is 5.82 Å². The predicted molar refractivity (Wildman–Crippen MR) is 111 cm³/mol. The molecular formula is C20H26FN7O. The van der Waals surface area contributed by atoms with Gasteiger partial charge in [-0.1, -0.05) is 6.92 Å². The molecule has 0 unspecified atom stereocenters. The molecular weight excluding hydrogens is 373 g/mol. The number of aromatic nitrogens is 4. The number of hydrogen-bond donors (Lipinski definition) is 1. The normalized spacial score (nSPS) is 15.4. The number of anilines is 2. The van der Waals surface area contributed by atoms with Crippen molar-refractivity contribution in [3.8, 4) is 0 Å². The maximum absolute atomic E-state index is 14.3. The SMILES string of the molecule is CCc1cnn2ccc(N3CCCN3c3cc(F)cn(CC[C@@H](C)N)c3=O)nc12. The van der Waals surface area contributed by atoms with Gasteiger partial charge in [0.05, 0.1) is 6.20 Å². The Bertz CT molecular complexity index is 1070. The molecule has 1 aliphatic heterocycles. The van der Waals surface area contributed by atoms with Crippen LogP contribution in [0.25, 0.3) is 5.65 Å². The molecule has 1 aliphatic rings. The fourth-order valence-electron chi connectivity index (χ4n) is 3.68. The second-order valence-electron chi connectivity index (χ2n) is 7.49. The van der Waals surface area contributed by atoms with Gasteiger partial charge in [0.15, 0.2) is 11.5 Å². The number of halogens is 1. The number of pyridine rings is 1. The van der Waals surface area contributed by atoms with E-state index in [9.17, 15) is 9.18 Å². The van der Waals surface area contributed by atoms with Gasteiger partial charge in [0.25, 0.3) is 5.56 Å². The summed E-state index contributed by atoms with van der Waals surface area (Å²) in [6.45, 7) is 5.64. The Labute approximate surface area is 168 Å². The lowest BCUT2D eigenvalue weighted by molar-refractivity contribution is 0.533. The van der Waals surface area contributed by atoms with Crippen molar-refractivity contribution in [3.63, 3.8) is 0 Å². The third-order valence-corrected chi connectivity index (χ3v) is 5.24. The van der Waals surface area contributed by atoms with E-state index in [0.717, 1.165) is 29.9 Å². The zero-order chi connectivity index (χ0) is 20.5. The summed E-state index contributed by atoms with van der Waals surface area (Å²) in [4.78, 5) is 17.8. The van der Waals surface area contributed by atoms with Crippen LogP contribution in [-0.2, 0) is 13.0 Å². The van der Waals surface area contributed by atoms with E-state index >= 15 is 0 Å². The molecule has 0 amide bonds. The maximum Gasteiger partial charge on any atom is 0.276 e. The van der Waals surface area contributed by atoms with Crippen molar-refractivity contribution in [2.45, 2.75) is 45.7 Å². The van der Waals surface area contributed by atoms with E-state index in [2.05, 4.69) is 12.0 Å². The van der Waals surface area contributed by atoms with Gasteiger partial charge < -0.3 is 10.3 Å². The monoisotopic (exact) mass is 399 g/mol. The molecule has 1 atom stereocenters. The fourth-order valence-corrected chi connectivity index (χ4v) is 3.68. The summed E-state index contributed by atoms with van der Waals surface area (Å²) in [5.74, 6) is 0.277. The average Bonchev–Trinajstić information content (AvgIpc) is 3.34. The lowest BCUT2D eigenvalue weighted by Gasteiger charge is -2.30. The highest BCUT2D eigenvalue weighted by Crippen LogP contribution is 2.25. The summed E-state index contributed by atoms with van der Waals surface area (Å²) in [6, 6.07) is 3.11. The van der Waals surface area contributed by atoms with Crippen molar-refractivity contribution in [1.29, 1.82) is 0 Å². The van der Waals surface area contributed by atoms with Gasteiger partial charge in [-0.2, -0.15) is 5.10 Å². The van der Waals surface area contributed by atoms with Crippen LogP contribution in [0.1, 0.15) is 32.3 Å². The van der Waals surface area contributed by atoms with E-state index in [1.165, 1.54) is 16.8 Å². The summed E-state index contributed by atoms with van der Waals surface area (Å²) in [5.41, 5.74) is 7.75. The van der Waals surface area contributed by atoms with Crippen LogP contribution in [0.15, 0.2) is 35.5 Å². The van der Waals surface area contributed by atoms with Gasteiger partial charge in [-0.15, -0.1) is 0 Å². The minimum Gasteiger partial charge on any atom is -0.328 e. The minimum atomic E-state index is -0.441. The smallest absolute Gasteiger partial charge is 0.276 e. The second kappa shape index (κ2) is 7.82. The van der Waals surface area contributed by atoms with Gasteiger partial charge in [0, 0.05) is 55.8 Å². The van der Waals surface area contributed by atoms with Crippen LogP contribution in [0.4, 0.5) is 15.9 Å². The highest BCUT2D eigenvalue weighted by molar-refractivity contribution is 5.59. The molecule has 3 aromatic rings. The molecule has 1 saturated heterocycles. The van der Waals surface area contributed by atoms with E-state index < -0.39 is 5.82 Å². The lowest BCUT2D eigenvalue weighted by Crippen LogP contribution is -2.41. The summed E-state index contributed by atoms with van der Waals surface area (Å²) in [5, 5.41) is 8.09. The first-order valence-electron chi connectivity index (χ1n) is 10.0. The van der Waals surface area contributed by atoms with E-state index in [1.54, 1.807) is 4.52 Å². The van der Waals surface area contributed by atoms with Gasteiger partial charge in [-0.25, -0.2) is 13.9 Å². The maximum atomic E-state index is 14.3. The number of fused-ring (bicyclic) bond motifs is 1. The Balaban J connectivity index is 1.71. The molecule has 0 aromatic carbocycles. The quantitative estimate of drug-likeness (QED) is 0.682. The van der Waals surface area contributed by atoms with E-state index in [1.807, 2.05) is 35.4 Å². The first-order chi connectivity index (χ1) is 14.0. The fraction of sp³-hybridized carbons (Fsp3) is 0.450. The highest BCUT2D eigenvalue weighted by Gasteiger charge is 2.27. The summed E-state index contributed by atoms with van der Waals surface area (Å²) in [6.07, 6.45) is 7.21. The van der Waals surface area contributed by atoms with E-state index in [4.69, 9.17) is 10.7 Å². The van der Waals surface area contributed by atoms with Crippen molar-refractivity contribution in [1.82, 2.24) is 19.2 Å². The van der Waals surface area contributed by atoms with Crippen LogP contribution >= 0.6 is 0 Å². The molecule has 0 spiro atoms. The molecule has 0 saturated carbocycles. The van der Waals surface area contributed by atoms with Crippen LogP contribution in [0.2, 0.25) is 0 Å². The van der Waals surface area contributed by atoms with Gasteiger partial charge >= 0.3 is 0 Å². The van der Waals surface area contributed by atoms with Crippen LogP contribution < -0.4 is 21.3 Å². The van der Waals surface area contributed by atoms with Gasteiger partial charge in [-0.05, 0) is 26.2 Å². The number of rotatable bonds is 6. The topological polar surface area (TPSA) is 84.7 Å². The first kappa shape index (κ1) is 19.4. The number of hydrogen-bond acceptors (Lipinski definition) is 6.